The van der Waals surface area contributed by atoms with E-state index >= 15 is 0 Å². The van der Waals surface area contributed by atoms with E-state index in [1.807, 2.05) is 11.4 Å². The molecule has 0 radical (unpaired) electrons. The first kappa shape index (κ1) is 19.9. The van der Waals surface area contributed by atoms with E-state index in [-0.39, 0.29) is 29.8 Å². The van der Waals surface area contributed by atoms with Crippen molar-refractivity contribution < 1.29 is 22.7 Å². The van der Waals surface area contributed by atoms with Gasteiger partial charge in [0.2, 0.25) is 10.0 Å². The van der Waals surface area contributed by atoms with Crippen LogP contribution in [0.25, 0.3) is 0 Å². The highest BCUT2D eigenvalue weighted by molar-refractivity contribution is 7.89. The average Bonchev–Trinajstić information content (AvgIpc) is 3.23. The molecule has 1 N–H and O–H groups in total. The van der Waals surface area contributed by atoms with Crippen molar-refractivity contribution in [3.05, 3.63) is 40.1 Å². The van der Waals surface area contributed by atoms with E-state index in [1.165, 1.54) is 21.7 Å². The van der Waals surface area contributed by atoms with Crippen LogP contribution in [-0.4, -0.2) is 61.7 Å². The quantitative estimate of drug-likeness (QED) is 0.795. The third-order valence-electron chi connectivity index (χ3n) is 5.08. The summed E-state index contributed by atoms with van der Waals surface area (Å²) in [4.78, 5) is 26.7. The molecule has 154 valence electrons. The predicted octanol–water partition coefficient (Wildman–Crippen LogP) is 1.92. The first-order valence-corrected chi connectivity index (χ1v) is 11.5. The van der Waals surface area contributed by atoms with Crippen molar-refractivity contribution in [3.63, 3.8) is 0 Å². The number of anilines is 1. The highest BCUT2D eigenvalue weighted by Gasteiger charge is 2.33. The molecule has 1 aromatic carbocycles. The van der Waals surface area contributed by atoms with Gasteiger partial charge in [0.1, 0.15) is 5.75 Å². The van der Waals surface area contributed by atoms with Gasteiger partial charge >= 0.3 is 0 Å². The molecule has 2 aromatic rings. The summed E-state index contributed by atoms with van der Waals surface area (Å²) in [7, 11) is -3.75. The number of sulfonamides is 1. The molecule has 0 bridgehead atoms. The maximum absolute atomic E-state index is 13.2. The fraction of sp³-hybridized carbons (Fsp3) is 0.368. The van der Waals surface area contributed by atoms with Gasteiger partial charge in [-0.1, -0.05) is 6.07 Å². The second kappa shape index (κ2) is 7.43. The summed E-state index contributed by atoms with van der Waals surface area (Å²) in [5, 5.41) is 4.57. The second-order valence-corrected chi connectivity index (χ2v) is 9.89. The summed E-state index contributed by atoms with van der Waals surface area (Å²) in [6, 6.07) is 6.68. The van der Waals surface area contributed by atoms with Gasteiger partial charge in [0.15, 0.2) is 6.10 Å². The zero-order valence-electron chi connectivity index (χ0n) is 16.0. The number of piperazine rings is 1. The van der Waals surface area contributed by atoms with E-state index in [0.717, 1.165) is 0 Å². The summed E-state index contributed by atoms with van der Waals surface area (Å²) >= 11 is 1.38. The fourth-order valence-electron chi connectivity index (χ4n) is 3.45. The van der Waals surface area contributed by atoms with Crippen LogP contribution in [0.2, 0.25) is 0 Å². The zero-order chi connectivity index (χ0) is 20.8. The van der Waals surface area contributed by atoms with Crippen LogP contribution in [-0.2, 0) is 14.8 Å². The number of nitrogens with one attached hydrogen (secondary N) is 1. The minimum atomic E-state index is -3.75. The highest BCUT2D eigenvalue weighted by atomic mass is 32.2. The maximum Gasteiger partial charge on any atom is 0.265 e. The van der Waals surface area contributed by atoms with E-state index in [9.17, 15) is 18.0 Å². The Labute approximate surface area is 173 Å². The molecule has 2 amide bonds. The van der Waals surface area contributed by atoms with Gasteiger partial charge in [0.25, 0.3) is 11.8 Å². The number of aryl methyl sites for hydroxylation is 1. The van der Waals surface area contributed by atoms with Gasteiger partial charge in [0.05, 0.1) is 15.5 Å². The Morgan fingerprint density at radius 3 is 2.62 bits per heavy atom. The third kappa shape index (κ3) is 3.63. The molecule has 0 aliphatic carbocycles. The fourth-order valence-corrected chi connectivity index (χ4v) is 5.78. The summed E-state index contributed by atoms with van der Waals surface area (Å²) in [5.41, 5.74) is 0.996. The van der Waals surface area contributed by atoms with Crippen LogP contribution in [0.1, 0.15) is 22.2 Å². The van der Waals surface area contributed by atoms with Crippen LogP contribution in [0, 0.1) is 6.92 Å². The van der Waals surface area contributed by atoms with Crippen molar-refractivity contribution in [1.29, 1.82) is 0 Å². The molecule has 1 aromatic heterocycles. The summed E-state index contributed by atoms with van der Waals surface area (Å²) in [5.74, 6) is 0.00644. The van der Waals surface area contributed by atoms with E-state index in [4.69, 9.17) is 4.74 Å². The number of amides is 2. The Balaban J connectivity index is 1.53. The van der Waals surface area contributed by atoms with Gasteiger partial charge in [-0.25, -0.2) is 8.42 Å². The molecule has 8 nitrogen and oxygen atoms in total. The van der Waals surface area contributed by atoms with Crippen LogP contribution in [0.4, 0.5) is 5.69 Å². The molecular weight excluding hydrogens is 414 g/mol. The normalized spacial score (nSPS) is 20.0. The van der Waals surface area contributed by atoms with Crippen molar-refractivity contribution in [2.24, 2.45) is 0 Å². The molecule has 2 aliphatic heterocycles. The van der Waals surface area contributed by atoms with Gasteiger partial charge < -0.3 is 15.0 Å². The molecule has 0 saturated carbocycles. The Hall–Kier alpha value is -2.43. The molecule has 0 unspecified atom stereocenters. The number of benzene rings is 1. The van der Waals surface area contributed by atoms with Crippen molar-refractivity contribution in [1.82, 2.24) is 9.21 Å². The zero-order valence-corrected chi connectivity index (χ0v) is 17.7. The Morgan fingerprint density at radius 1 is 1.24 bits per heavy atom. The van der Waals surface area contributed by atoms with Gasteiger partial charge in [-0.05, 0) is 36.9 Å². The average molecular weight is 436 g/mol. The SMILES string of the molecule is Cc1cc2c(cc1S(=O)(=O)N1CCN(C(=O)c3cccs3)CC1)O[C@@H](C)C(=O)N2. The Kier molecular flexibility index (Phi) is 5.09. The van der Waals surface area contributed by atoms with E-state index in [1.54, 1.807) is 30.9 Å². The van der Waals surface area contributed by atoms with Gasteiger partial charge in [0, 0.05) is 32.2 Å². The topological polar surface area (TPSA) is 96.0 Å². The van der Waals surface area contributed by atoms with E-state index in [2.05, 4.69) is 5.32 Å². The Bertz CT molecular complexity index is 1060. The van der Waals surface area contributed by atoms with Crippen molar-refractivity contribution >= 4 is 38.9 Å². The molecule has 10 heteroatoms. The number of ether oxygens (including phenoxy) is 1. The highest BCUT2D eigenvalue weighted by Crippen LogP contribution is 2.35. The number of thiophene rings is 1. The first-order chi connectivity index (χ1) is 13.8. The minimum Gasteiger partial charge on any atom is -0.479 e. The molecule has 29 heavy (non-hydrogen) atoms. The van der Waals surface area contributed by atoms with Gasteiger partial charge in [-0.2, -0.15) is 4.31 Å². The number of hydrogen-bond acceptors (Lipinski definition) is 6. The molecular formula is C19H21N3O5S2. The second-order valence-electron chi connectivity index (χ2n) is 7.04. The van der Waals surface area contributed by atoms with E-state index in [0.29, 0.717) is 35.0 Å². The Morgan fingerprint density at radius 2 is 1.97 bits per heavy atom. The van der Waals surface area contributed by atoms with Gasteiger partial charge in [-0.15, -0.1) is 11.3 Å². The van der Waals surface area contributed by atoms with Crippen LogP contribution < -0.4 is 10.1 Å². The van der Waals surface area contributed by atoms with Crippen molar-refractivity contribution in [2.75, 3.05) is 31.5 Å². The molecule has 4 rings (SSSR count). The molecule has 1 fully saturated rings. The number of carbonyl (C=O) groups excluding carboxylic acids is 2. The van der Waals surface area contributed by atoms with Crippen LogP contribution >= 0.6 is 11.3 Å². The molecule has 1 atom stereocenters. The number of rotatable bonds is 3. The van der Waals surface area contributed by atoms with Crippen LogP contribution in [0.5, 0.6) is 5.75 Å². The van der Waals surface area contributed by atoms with Crippen molar-refractivity contribution in [3.8, 4) is 5.75 Å². The largest absolute Gasteiger partial charge is 0.479 e. The lowest BCUT2D eigenvalue weighted by molar-refractivity contribution is -0.122. The molecule has 0 spiro atoms. The molecule has 3 heterocycles. The van der Waals surface area contributed by atoms with Crippen molar-refractivity contribution in [2.45, 2.75) is 24.8 Å². The van der Waals surface area contributed by atoms with Crippen LogP contribution in [0.15, 0.2) is 34.5 Å². The monoisotopic (exact) mass is 435 g/mol. The lowest BCUT2D eigenvalue weighted by atomic mass is 10.1. The van der Waals surface area contributed by atoms with Crippen LogP contribution in [0.3, 0.4) is 0 Å². The molecule has 2 aliphatic rings. The van der Waals surface area contributed by atoms with E-state index < -0.39 is 16.1 Å². The lowest BCUT2D eigenvalue weighted by Gasteiger charge is -2.34. The summed E-state index contributed by atoms with van der Waals surface area (Å²) in [6.45, 7) is 4.42. The number of nitrogens with zero attached hydrogens (tertiary/aromatic N) is 2. The summed E-state index contributed by atoms with van der Waals surface area (Å²) < 4.78 is 33.4. The maximum atomic E-state index is 13.2. The number of carbonyl (C=O) groups is 2. The predicted molar refractivity (Wildman–Crippen MR) is 109 cm³/mol. The third-order valence-corrected chi connectivity index (χ3v) is 7.98. The number of hydrogen-bond donors (Lipinski definition) is 1. The minimum absolute atomic E-state index is 0.0693. The standard InChI is InChI=1S/C19H21N3O5S2/c1-12-10-14-15(27-13(2)18(23)20-14)11-17(12)29(25,26)22-7-5-21(6-8-22)19(24)16-4-3-9-28-16/h3-4,9-11,13H,5-8H2,1-2H3,(H,20,23)/t13-/m0/s1. The first-order valence-electron chi connectivity index (χ1n) is 9.22. The smallest absolute Gasteiger partial charge is 0.265 e. The molecule has 1 saturated heterocycles. The lowest BCUT2D eigenvalue weighted by Crippen LogP contribution is -2.50. The number of fused-ring (bicyclic) bond motifs is 1. The van der Waals surface area contributed by atoms with Gasteiger partial charge in [-0.3, -0.25) is 9.59 Å². The summed E-state index contributed by atoms with van der Waals surface area (Å²) in [6.07, 6.45) is -0.687.